The lowest BCUT2D eigenvalue weighted by molar-refractivity contribution is 0.102. The van der Waals surface area contributed by atoms with Gasteiger partial charge in [-0.3, -0.25) is 4.79 Å². The van der Waals surface area contributed by atoms with Crippen LogP contribution in [0.15, 0.2) is 65.7 Å². The minimum Gasteiger partial charge on any atom is -0.319 e. The highest BCUT2D eigenvalue weighted by Gasteiger charge is 2.22. The molecule has 3 aromatic rings. The molecule has 1 N–H and O–H groups in total. The number of halogens is 1. The molecule has 0 spiro atoms. The first-order chi connectivity index (χ1) is 12.8. The van der Waals surface area contributed by atoms with Crippen molar-refractivity contribution in [1.29, 1.82) is 0 Å². The van der Waals surface area contributed by atoms with E-state index in [0.29, 0.717) is 5.69 Å². The quantitative estimate of drug-likeness (QED) is 0.728. The SMILES string of the molecule is CN(C)S(=O)(=O)c1ccccc1NC(=O)c1ccn(-c2cccc(F)c2)n1. The average molecular weight is 388 g/mol. The van der Waals surface area contributed by atoms with Gasteiger partial charge in [-0.25, -0.2) is 21.8 Å². The summed E-state index contributed by atoms with van der Waals surface area (Å²) in [4.78, 5) is 12.5. The number of anilines is 1. The van der Waals surface area contributed by atoms with Gasteiger partial charge in [0.25, 0.3) is 5.91 Å². The molecule has 0 saturated heterocycles. The van der Waals surface area contributed by atoms with Crippen molar-refractivity contribution in [2.45, 2.75) is 4.90 Å². The second-order valence-electron chi connectivity index (χ2n) is 5.86. The second-order valence-corrected chi connectivity index (χ2v) is 7.98. The number of carbonyl (C=O) groups excluding carboxylic acids is 1. The van der Waals surface area contributed by atoms with Crippen LogP contribution in [0.2, 0.25) is 0 Å². The van der Waals surface area contributed by atoms with E-state index in [9.17, 15) is 17.6 Å². The summed E-state index contributed by atoms with van der Waals surface area (Å²) >= 11 is 0. The zero-order valence-corrected chi connectivity index (χ0v) is 15.4. The predicted octanol–water partition coefficient (Wildman–Crippen LogP) is 2.51. The third-order valence-electron chi connectivity index (χ3n) is 3.79. The number of benzene rings is 2. The molecular formula is C18H17FN4O3S. The van der Waals surface area contributed by atoms with Gasteiger partial charge >= 0.3 is 0 Å². The van der Waals surface area contributed by atoms with Gasteiger partial charge in [-0.05, 0) is 36.4 Å². The van der Waals surface area contributed by atoms with E-state index in [-0.39, 0.29) is 16.3 Å². The summed E-state index contributed by atoms with van der Waals surface area (Å²) in [5.41, 5.74) is 0.678. The highest BCUT2D eigenvalue weighted by Crippen LogP contribution is 2.23. The maximum absolute atomic E-state index is 13.3. The fraction of sp³-hybridized carbons (Fsp3) is 0.111. The van der Waals surface area contributed by atoms with Crippen LogP contribution in [0, 0.1) is 5.82 Å². The van der Waals surface area contributed by atoms with Gasteiger partial charge in [-0.15, -0.1) is 0 Å². The molecule has 140 valence electrons. The summed E-state index contributed by atoms with van der Waals surface area (Å²) in [5.74, 6) is -0.997. The van der Waals surface area contributed by atoms with Crippen LogP contribution in [-0.4, -0.2) is 42.5 Å². The van der Waals surface area contributed by atoms with Crippen molar-refractivity contribution in [1.82, 2.24) is 14.1 Å². The smallest absolute Gasteiger partial charge is 0.276 e. The third-order valence-corrected chi connectivity index (χ3v) is 5.66. The molecule has 1 heterocycles. The molecule has 0 aliphatic carbocycles. The third kappa shape index (κ3) is 3.88. The minimum atomic E-state index is -3.73. The van der Waals surface area contributed by atoms with Crippen molar-refractivity contribution in [3.8, 4) is 5.69 Å². The van der Waals surface area contributed by atoms with Crippen molar-refractivity contribution in [3.05, 3.63) is 72.3 Å². The Kier molecular flexibility index (Phi) is 5.06. The molecule has 2 aromatic carbocycles. The first-order valence-electron chi connectivity index (χ1n) is 7.93. The summed E-state index contributed by atoms with van der Waals surface area (Å²) in [6, 6.07) is 13.3. The molecule has 7 nitrogen and oxygen atoms in total. The Balaban J connectivity index is 1.88. The van der Waals surface area contributed by atoms with Crippen molar-refractivity contribution in [3.63, 3.8) is 0 Å². The van der Waals surface area contributed by atoms with E-state index in [2.05, 4.69) is 10.4 Å². The van der Waals surface area contributed by atoms with Crippen molar-refractivity contribution >= 4 is 21.6 Å². The van der Waals surface area contributed by atoms with E-state index in [4.69, 9.17) is 0 Å². The van der Waals surface area contributed by atoms with Crippen LogP contribution in [0.25, 0.3) is 5.69 Å². The number of amides is 1. The van der Waals surface area contributed by atoms with Gasteiger partial charge in [0.15, 0.2) is 5.69 Å². The van der Waals surface area contributed by atoms with E-state index in [1.807, 2.05) is 0 Å². The summed E-state index contributed by atoms with van der Waals surface area (Å²) in [7, 11) is -0.904. The summed E-state index contributed by atoms with van der Waals surface area (Å²) in [6.07, 6.45) is 1.52. The lowest BCUT2D eigenvalue weighted by atomic mass is 10.3. The largest absolute Gasteiger partial charge is 0.319 e. The van der Waals surface area contributed by atoms with E-state index < -0.39 is 21.7 Å². The first-order valence-corrected chi connectivity index (χ1v) is 9.37. The Labute approximate surface area is 156 Å². The lowest BCUT2D eigenvalue weighted by Crippen LogP contribution is -2.24. The Hall–Kier alpha value is -3.04. The lowest BCUT2D eigenvalue weighted by Gasteiger charge is -2.15. The zero-order valence-electron chi connectivity index (χ0n) is 14.6. The van der Waals surface area contributed by atoms with Crippen molar-refractivity contribution in [2.24, 2.45) is 0 Å². The molecule has 27 heavy (non-hydrogen) atoms. The monoisotopic (exact) mass is 388 g/mol. The van der Waals surface area contributed by atoms with E-state index in [1.54, 1.807) is 18.2 Å². The van der Waals surface area contributed by atoms with Crippen LogP contribution in [-0.2, 0) is 10.0 Å². The van der Waals surface area contributed by atoms with Crippen molar-refractivity contribution < 1.29 is 17.6 Å². The molecule has 0 fully saturated rings. The second kappa shape index (κ2) is 7.29. The number of rotatable bonds is 5. The number of nitrogens with zero attached hydrogens (tertiary/aromatic N) is 3. The van der Waals surface area contributed by atoms with Crippen LogP contribution in [0.1, 0.15) is 10.5 Å². The molecule has 0 bridgehead atoms. The van der Waals surface area contributed by atoms with E-state index in [1.165, 1.54) is 61.4 Å². The number of aromatic nitrogens is 2. The van der Waals surface area contributed by atoms with Gasteiger partial charge in [0.1, 0.15) is 10.7 Å². The van der Waals surface area contributed by atoms with Gasteiger partial charge in [0, 0.05) is 20.3 Å². The topological polar surface area (TPSA) is 84.3 Å². The molecule has 0 radical (unpaired) electrons. The first kappa shape index (κ1) is 18.7. The zero-order chi connectivity index (χ0) is 19.6. The number of nitrogens with one attached hydrogen (secondary N) is 1. The van der Waals surface area contributed by atoms with Crippen molar-refractivity contribution in [2.75, 3.05) is 19.4 Å². The highest BCUT2D eigenvalue weighted by molar-refractivity contribution is 7.89. The molecule has 0 unspecified atom stereocenters. The van der Waals surface area contributed by atoms with Crippen LogP contribution < -0.4 is 5.32 Å². The maximum Gasteiger partial charge on any atom is 0.276 e. The number of sulfonamides is 1. The molecule has 1 amide bonds. The normalized spacial score (nSPS) is 11.6. The number of hydrogen-bond acceptors (Lipinski definition) is 4. The minimum absolute atomic E-state index is 0.0205. The van der Waals surface area contributed by atoms with Gasteiger partial charge in [0.2, 0.25) is 10.0 Å². The fourth-order valence-electron chi connectivity index (χ4n) is 2.39. The summed E-state index contributed by atoms with van der Waals surface area (Å²) < 4.78 is 40.6. The average Bonchev–Trinajstić information content (AvgIpc) is 3.12. The molecular weight excluding hydrogens is 371 g/mol. The molecule has 0 aliphatic heterocycles. The van der Waals surface area contributed by atoms with Gasteiger partial charge in [-0.2, -0.15) is 5.10 Å². The standard InChI is InChI=1S/C18H17FN4O3S/c1-22(2)27(25,26)17-9-4-3-8-15(17)20-18(24)16-10-11-23(21-16)14-7-5-6-13(19)12-14/h3-12H,1-2H3,(H,20,24). The van der Waals surface area contributed by atoms with E-state index >= 15 is 0 Å². The highest BCUT2D eigenvalue weighted by atomic mass is 32.2. The van der Waals surface area contributed by atoms with Crippen LogP contribution in [0.3, 0.4) is 0 Å². The fourth-order valence-corrected chi connectivity index (χ4v) is 3.43. The predicted molar refractivity (Wildman–Crippen MR) is 98.8 cm³/mol. The molecule has 0 saturated carbocycles. The van der Waals surface area contributed by atoms with Crippen LogP contribution >= 0.6 is 0 Å². The van der Waals surface area contributed by atoms with Crippen LogP contribution in [0.4, 0.5) is 10.1 Å². The Morgan fingerprint density at radius 1 is 1.11 bits per heavy atom. The van der Waals surface area contributed by atoms with E-state index in [0.717, 1.165) is 4.31 Å². The van der Waals surface area contributed by atoms with Gasteiger partial charge in [0.05, 0.1) is 11.4 Å². The summed E-state index contributed by atoms with van der Waals surface area (Å²) in [5, 5.41) is 6.69. The Morgan fingerprint density at radius 2 is 1.85 bits per heavy atom. The maximum atomic E-state index is 13.3. The molecule has 3 rings (SSSR count). The molecule has 1 aromatic heterocycles. The Morgan fingerprint density at radius 3 is 2.56 bits per heavy atom. The van der Waals surface area contributed by atoms with Gasteiger partial charge < -0.3 is 5.32 Å². The molecule has 0 atom stereocenters. The summed E-state index contributed by atoms with van der Waals surface area (Å²) in [6.45, 7) is 0. The Bertz CT molecular complexity index is 1090. The van der Waals surface area contributed by atoms with Crippen LogP contribution in [0.5, 0.6) is 0 Å². The number of para-hydroxylation sites is 1. The van der Waals surface area contributed by atoms with Gasteiger partial charge in [-0.1, -0.05) is 18.2 Å². The molecule has 0 aliphatic rings. The number of hydrogen-bond donors (Lipinski definition) is 1. The molecule has 9 heteroatoms. The number of carbonyl (C=O) groups is 1.